The molecule has 1 aliphatic heterocycles. The maximum Gasteiger partial charge on any atom is 0.254 e. The lowest BCUT2D eigenvalue weighted by Crippen LogP contribution is -2.37. The van der Waals surface area contributed by atoms with Crippen LogP contribution in [0.1, 0.15) is 42.5 Å². The molecule has 0 aromatic heterocycles. The van der Waals surface area contributed by atoms with Gasteiger partial charge in [-0.25, -0.2) is 13.1 Å². The first kappa shape index (κ1) is 17.9. The van der Waals surface area contributed by atoms with Gasteiger partial charge in [-0.05, 0) is 56.2 Å². The van der Waals surface area contributed by atoms with Crippen LogP contribution in [0.2, 0.25) is 0 Å². The van der Waals surface area contributed by atoms with Gasteiger partial charge in [0.1, 0.15) is 0 Å². The summed E-state index contributed by atoms with van der Waals surface area (Å²) in [4.78, 5) is 15.1. The van der Waals surface area contributed by atoms with Crippen molar-refractivity contribution >= 4 is 15.9 Å². The summed E-state index contributed by atoms with van der Waals surface area (Å²) in [5.41, 5.74) is 0.449. The molecule has 1 aromatic carbocycles. The molecule has 2 aliphatic carbocycles. The Kier molecular flexibility index (Phi) is 5.03. The Balaban J connectivity index is 1.49. The third-order valence-corrected chi connectivity index (χ3v) is 6.80. The van der Waals surface area contributed by atoms with Crippen LogP contribution in [0.4, 0.5) is 0 Å². The topological polar surface area (TPSA) is 75.7 Å². The van der Waals surface area contributed by atoms with E-state index in [-0.39, 0.29) is 16.8 Å². The van der Waals surface area contributed by atoms with E-state index in [4.69, 9.17) is 4.74 Å². The molecule has 0 bridgehead atoms. The number of hydrogen-bond acceptors (Lipinski definition) is 4. The van der Waals surface area contributed by atoms with Gasteiger partial charge in [-0.1, -0.05) is 6.07 Å². The molecular weight excluding hydrogens is 352 g/mol. The van der Waals surface area contributed by atoms with Crippen molar-refractivity contribution in [1.82, 2.24) is 9.62 Å². The Morgan fingerprint density at radius 2 is 1.96 bits per heavy atom. The molecule has 4 rings (SSSR count). The molecule has 3 aliphatic rings. The maximum absolute atomic E-state index is 13.0. The lowest BCUT2D eigenvalue weighted by Gasteiger charge is -2.25. The van der Waals surface area contributed by atoms with E-state index >= 15 is 0 Å². The lowest BCUT2D eigenvalue weighted by molar-refractivity contribution is 0.0706. The SMILES string of the molecule is O=C(c1cccc(S(=O)(=O)NCC2CC2)c1)N(CC1CCOC1)C1CC1. The molecule has 1 N–H and O–H groups in total. The number of amides is 1. The molecule has 1 amide bonds. The summed E-state index contributed by atoms with van der Waals surface area (Å²) < 4.78 is 33.1. The zero-order valence-corrected chi connectivity index (χ0v) is 15.7. The number of nitrogens with one attached hydrogen (secondary N) is 1. The Hall–Kier alpha value is -1.44. The van der Waals surface area contributed by atoms with E-state index in [0.29, 0.717) is 37.1 Å². The monoisotopic (exact) mass is 378 g/mol. The number of carbonyl (C=O) groups excluding carboxylic acids is 1. The summed E-state index contributed by atoms with van der Waals surface area (Å²) in [6, 6.07) is 6.72. The van der Waals surface area contributed by atoms with E-state index < -0.39 is 10.0 Å². The second kappa shape index (κ2) is 7.29. The van der Waals surface area contributed by atoms with Gasteiger partial charge in [-0.2, -0.15) is 0 Å². The van der Waals surface area contributed by atoms with E-state index in [1.165, 1.54) is 6.07 Å². The van der Waals surface area contributed by atoms with Crippen LogP contribution in [0.3, 0.4) is 0 Å². The molecule has 0 spiro atoms. The van der Waals surface area contributed by atoms with Gasteiger partial charge in [0.15, 0.2) is 0 Å². The van der Waals surface area contributed by atoms with Crippen LogP contribution in [0.15, 0.2) is 29.2 Å². The van der Waals surface area contributed by atoms with Crippen LogP contribution < -0.4 is 4.72 Å². The first-order chi connectivity index (χ1) is 12.5. The van der Waals surface area contributed by atoms with Crippen molar-refractivity contribution in [2.45, 2.75) is 43.0 Å². The Morgan fingerprint density at radius 1 is 1.15 bits per heavy atom. The number of ether oxygens (including phenoxy) is 1. The Labute approximate surface area is 155 Å². The van der Waals surface area contributed by atoms with E-state index in [1.54, 1.807) is 18.2 Å². The summed E-state index contributed by atoms with van der Waals surface area (Å²) in [6.45, 7) is 2.64. The minimum Gasteiger partial charge on any atom is -0.381 e. The average Bonchev–Trinajstić information content (AvgIpc) is 3.57. The first-order valence-electron chi connectivity index (χ1n) is 9.51. The van der Waals surface area contributed by atoms with Crippen LogP contribution in [0, 0.1) is 11.8 Å². The first-order valence-corrected chi connectivity index (χ1v) is 11.0. The molecular formula is C19H26N2O4S. The molecule has 142 valence electrons. The van der Waals surface area contributed by atoms with Crippen molar-refractivity contribution in [2.24, 2.45) is 11.8 Å². The quantitative estimate of drug-likeness (QED) is 0.751. The molecule has 6 nitrogen and oxygen atoms in total. The number of carbonyl (C=O) groups is 1. The molecule has 0 radical (unpaired) electrons. The van der Waals surface area contributed by atoms with Gasteiger partial charge in [-0.3, -0.25) is 4.79 Å². The fourth-order valence-electron chi connectivity index (χ4n) is 3.38. The van der Waals surface area contributed by atoms with Crippen LogP contribution in [-0.4, -0.2) is 51.6 Å². The van der Waals surface area contributed by atoms with Gasteiger partial charge >= 0.3 is 0 Å². The van der Waals surface area contributed by atoms with Gasteiger partial charge in [0.25, 0.3) is 5.91 Å². The molecule has 7 heteroatoms. The van der Waals surface area contributed by atoms with Crippen molar-refractivity contribution in [1.29, 1.82) is 0 Å². The number of hydrogen-bond donors (Lipinski definition) is 1. The predicted molar refractivity (Wildman–Crippen MR) is 97.3 cm³/mol. The summed E-state index contributed by atoms with van der Waals surface area (Å²) in [5, 5.41) is 0. The molecule has 1 unspecified atom stereocenters. The standard InChI is InChI=1S/C19H26N2O4S/c22-19(21(17-6-7-17)12-15-8-9-25-13-15)16-2-1-3-18(10-16)26(23,24)20-11-14-4-5-14/h1-3,10,14-15,17,20H,4-9,11-13H2. The largest absolute Gasteiger partial charge is 0.381 e. The van der Waals surface area contributed by atoms with E-state index in [2.05, 4.69) is 4.72 Å². The number of sulfonamides is 1. The highest BCUT2D eigenvalue weighted by atomic mass is 32.2. The molecule has 2 saturated carbocycles. The van der Waals surface area contributed by atoms with Crippen molar-refractivity contribution in [3.05, 3.63) is 29.8 Å². The van der Waals surface area contributed by atoms with Crippen LogP contribution in [-0.2, 0) is 14.8 Å². The smallest absolute Gasteiger partial charge is 0.254 e. The second-order valence-corrected chi connectivity index (χ2v) is 9.51. The molecule has 3 fully saturated rings. The summed E-state index contributed by atoms with van der Waals surface area (Å²) in [7, 11) is -3.56. The van der Waals surface area contributed by atoms with Gasteiger partial charge < -0.3 is 9.64 Å². The zero-order chi connectivity index (χ0) is 18.1. The Morgan fingerprint density at radius 3 is 2.62 bits per heavy atom. The Bertz CT molecular complexity index is 765. The third kappa shape index (κ3) is 4.27. The highest BCUT2D eigenvalue weighted by Gasteiger charge is 2.35. The van der Waals surface area contributed by atoms with Crippen molar-refractivity contribution in [3.63, 3.8) is 0 Å². The lowest BCUT2D eigenvalue weighted by atomic mass is 10.1. The summed E-state index contributed by atoms with van der Waals surface area (Å²) >= 11 is 0. The summed E-state index contributed by atoms with van der Waals surface area (Å²) in [6.07, 6.45) is 5.21. The summed E-state index contributed by atoms with van der Waals surface area (Å²) in [5.74, 6) is 0.777. The number of rotatable bonds is 8. The van der Waals surface area contributed by atoms with Gasteiger partial charge in [0.05, 0.1) is 11.5 Å². The molecule has 1 aromatic rings. The highest BCUT2D eigenvalue weighted by Crippen LogP contribution is 2.31. The van der Waals surface area contributed by atoms with Crippen molar-refractivity contribution < 1.29 is 17.9 Å². The minimum atomic E-state index is -3.56. The fraction of sp³-hybridized carbons (Fsp3) is 0.632. The molecule has 1 saturated heterocycles. The maximum atomic E-state index is 13.0. The van der Waals surface area contributed by atoms with Crippen molar-refractivity contribution in [2.75, 3.05) is 26.3 Å². The second-order valence-electron chi connectivity index (χ2n) is 7.74. The molecule has 1 atom stereocenters. The normalized spacial score (nSPS) is 23.2. The van der Waals surface area contributed by atoms with Gasteiger partial charge in [0, 0.05) is 37.2 Å². The zero-order valence-electron chi connectivity index (χ0n) is 14.9. The number of nitrogens with zero attached hydrogens (tertiary/aromatic N) is 1. The van der Waals surface area contributed by atoms with E-state index in [0.717, 1.165) is 38.7 Å². The van der Waals surface area contributed by atoms with E-state index in [9.17, 15) is 13.2 Å². The van der Waals surface area contributed by atoms with Gasteiger partial charge in [0.2, 0.25) is 10.0 Å². The third-order valence-electron chi connectivity index (χ3n) is 5.38. The minimum absolute atomic E-state index is 0.0707. The highest BCUT2D eigenvalue weighted by molar-refractivity contribution is 7.89. The molecule has 26 heavy (non-hydrogen) atoms. The van der Waals surface area contributed by atoms with E-state index in [1.807, 2.05) is 4.90 Å². The fourth-order valence-corrected chi connectivity index (χ4v) is 4.55. The predicted octanol–water partition coefficient (Wildman–Crippen LogP) is 2.02. The number of benzene rings is 1. The molecule has 1 heterocycles. The average molecular weight is 378 g/mol. The van der Waals surface area contributed by atoms with Crippen LogP contribution in [0.5, 0.6) is 0 Å². The van der Waals surface area contributed by atoms with Crippen LogP contribution >= 0.6 is 0 Å². The van der Waals surface area contributed by atoms with Crippen LogP contribution in [0.25, 0.3) is 0 Å². The van der Waals surface area contributed by atoms with Gasteiger partial charge in [-0.15, -0.1) is 0 Å². The van der Waals surface area contributed by atoms with Crippen molar-refractivity contribution in [3.8, 4) is 0 Å².